The van der Waals surface area contributed by atoms with Gasteiger partial charge in [0, 0.05) is 17.3 Å². The molecule has 1 atom stereocenters. The molecular formula is C11H13N3O6. The Morgan fingerprint density at radius 3 is 2.60 bits per heavy atom. The quantitative estimate of drug-likeness (QED) is 0.457. The van der Waals surface area contributed by atoms with E-state index in [-0.39, 0.29) is 11.4 Å². The number of nitro benzene ring substituents is 1. The van der Waals surface area contributed by atoms with Gasteiger partial charge in [0.25, 0.3) is 5.69 Å². The number of rotatable bonds is 5. The van der Waals surface area contributed by atoms with E-state index < -0.39 is 29.6 Å². The Morgan fingerprint density at radius 1 is 1.45 bits per heavy atom. The molecule has 1 aromatic rings. The number of carboxylic acid groups (broad SMARTS) is 1. The molecule has 108 valence electrons. The van der Waals surface area contributed by atoms with E-state index in [1.807, 2.05) is 5.32 Å². The molecule has 0 unspecified atom stereocenters. The number of nitrogens with zero attached hydrogens (tertiary/aromatic N) is 1. The predicted molar refractivity (Wildman–Crippen MR) is 68.5 cm³/mol. The van der Waals surface area contributed by atoms with Crippen LogP contribution < -0.4 is 10.6 Å². The number of urea groups is 1. The van der Waals surface area contributed by atoms with E-state index in [1.165, 1.54) is 12.1 Å². The fraction of sp³-hybridized carbons (Fsp3) is 0.273. The number of carbonyl (C=O) groups excluding carboxylic acids is 1. The predicted octanol–water partition coefficient (Wildman–Crippen LogP) is 0.470. The molecule has 2 amide bonds. The van der Waals surface area contributed by atoms with Gasteiger partial charge in [-0.2, -0.15) is 0 Å². The molecule has 20 heavy (non-hydrogen) atoms. The molecule has 0 aromatic heterocycles. The van der Waals surface area contributed by atoms with Gasteiger partial charge in [-0.3, -0.25) is 10.1 Å². The number of amides is 2. The van der Waals surface area contributed by atoms with Crippen LogP contribution in [0.2, 0.25) is 0 Å². The van der Waals surface area contributed by atoms with Crippen LogP contribution in [0.15, 0.2) is 18.2 Å². The summed E-state index contributed by atoms with van der Waals surface area (Å²) < 4.78 is 0. The van der Waals surface area contributed by atoms with Crippen LogP contribution in [-0.2, 0) is 4.79 Å². The lowest BCUT2D eigenvalue weighted by Crippen LogP contribution is -2.45. The number of aliphatic hydroxyl groups excluding tert-OH is 1. The third-order valence-electron chi connectivity index (χ3n) is 2.45. The number of aliphatic carboxylic acids is 1. The number of aryl methyl sites for hydroxylation is 1. The molecule has 1 aromatic carbocycles. The maximum atomic E-state index is 11.5. The van der Waals surface area contributed by atoms with Crippen molar-refractivity contribution in [2.45, 2.75) is 13.0 Å². The van der Waals surface area contributed by atoms with Crippen molar-refractivity contribution in [3.05, 3.63) is 33.9 Å². The van der Waals surface area contributed by atoms with Crippen molar-refractivity contribution in [1.82, 2.24) is 5.32 Å². The molecule has 0 saturated carbocycles. The highest BCUT2D eigenvalue weighted by atomic mass is 16.6. The van der Waals surface area contributed by atoms with E-state index in [1.54, 1.807) is 6.92 Å². The van der Waals surface area contributed by atoms with Gasteiger partial charge in [-0.15, -0.1) is 0 Å². The zero-order valence-corrected chi connectivity index (χ0v) is 10.5. The molecule has 0 saturated heterocycles. The molecule has 4 N–H and O–H groups in total. The minimum Gasteiger partial charge on any atom is -0.480 e. The number of hydrogen-bond acceptors (Lipinski definition) is 5. The molecule has 0 radical (unpaired) electrons. The monoisotopic (exact) mass is 283 g/mol. The summed E-state index contributed by atoms with van der Waals surface area (Å²) in [4.78, 5) is 32.2. The number of anilines is 1. The van der Waals surface area contributed by atoms with Gasteiger partial charge in [0.15, 0.2) is 6.04 Å². The maximum absolute atomic E-state index is 11.5. The Morgan fingerprint density at radius 2 is 2.10 bits per heavy atom. The first-order valence-corrected chi connectivity index (χ1v) is 5.51. The van der Waals surface area contributed by atoms with Gasteiger partial charge < -0.3 is 20.8 Å². The minimum atomic E-state index is -1.45. The summed E-state index contributed by atoms with van der Waals surface area (Å²) in [7, 11) is 0. The molecule has 9 heteroatoms. The smallest absolute Gasteiger partial charge is 0.328 e. The maximum Gasteiger partial charge on any atom is 0.328 e. The van der Waals surface area contributed by atoms with Crippen LogP contribution in [0.1, 0.15) is 5.56 Å². The lowest BCUT2D eigenvalue weighted by Gasteiger charge is -2.12. The minimum absolute atomic E-state index is 0.141. The van der Waals surface area contributed by atoms with E-state index in [4.69, 9.17) is 10.2 Å². The van der Waals surface area contributed by atoms with Crippen molar-refractivity contribution >= 4 is 23.4 Å². The van der Waals surface area contributed by atoms with Gasteiger partial charge in [-0.25, -0.2) is 9.59 Å². The van der Waals surface area contributed by atoms with E-state index in [9.17, 15) is 19.7 Å². The standard InChI is InChI=1S/C11H13N3O6/c1-6-2-3-7(4-9(6)14(19)20)12-11(18)13-8(5-15)10(16)17/h2-4,8,15H,5H2,1H3,(H,16,17)(H2,12,13,18)/t8-/m1/s1. The first-order valence-electron chi connectivity index (χ1n) is 5.51. The second kappa shape index (κ2) is 6.48. The highest BCUT2D eigenvalue weighted by molar-refractivity contribution is 5.92. The molecule has 9 nitrogen and oxygen atoms in total. The molecule has 0 aliphatic rings. The number of aliphatic hydroxyl groups is 1. The van der Waals surface area contributed by atoms with Crippen LogP contribution >= 0.6 is 0 Å². The molecule has 0 fully saturated rings. The van der Waals surface area contributed by atoms with Crippen molar-refractivity contribution in [1.29, 1.82) is 0 Å². The number of benzene rings is 1. The number of carbonyl (C=O) groups is 2. The summed E-state index contributed by atoms with van der Waals surface area (Å²) in [5.41, 5.74) is 0.404. The average Bonchev–Trinajstić information content (AvgIpc) is 2.37. The summed E-state index contributed by atoms with van der Waals surface area (Å²) in [6.07, 6.45) is 0. The van der Waals surface area contributed by atoms with Crippen molar-refractivity contribution in [2.75, 3.05) is 11.9 Å². The Balaban J connectivity index is 2.78. The van der Waals surface area contributed by atoms with Crippen LogP contribution in [0, 0.1) is 17.0 Å². The van der Waals surface area contributed by atoms with Gasteiger partial charge in [0.05, 0.1) is 11.5 Å². The Labute approximate surface area is 113 Å². The number of nitrogens with one attached hydrogen (secondary N) is 2. The molecule has 1 rings (SSSR count). The first kappa shape index (κ1) is 15.4. The highest BCUT2D eigenvalue weighted by Crippen LogP contribution is 2.22. The van der Waals surface area contributed by atoms with Crippen LogP contribution in [0.3, 0.4) is 0 Å². The van der Waals surface area contributed by atoms with Gasteiger partial charge in [-0.1, -0.05) is 6.07 Å². The van der Waals surface area contributed by atoms with E-state index in [0.717, 1.165) is 6.07 Å². The Hall–Kier alpha value is -2.68. The lowest BCUT2D eigenvalue weighted by atomic mass is 10.2. The van der Waals surface area contributed by atoms with Gasteiger partial charge >= 0.3 is 12.0 Å². The molecule has 0 aliphatic heterocycles. The third-order valence-corrected chi connectivity index (χ3v) is 2.45. The SMILES string of the molecule is Cc1ccc(NC(=O)N[C@H](CO)C(=O)O)cc1[N+](=O)[O-]. The van der Waals surface area contributed by atoms with Gasteiger partial charge in [-0.05, 0) is 13.0 Å². The van der Waals surface area contributed by atoms with E-state index in [2.05, 4.69) is 5.32 Å². The molecule has 0 heterocycles. The lowest BCUT2D eigenvalue weighted by molar-refractivity contribution is -0.385. The first-order chi connectivity index (χ1) is 9.35. The second-order valence-corrected chi connectivity index (χ2v) is 3.93. The summed E-state index contributed by atoms with van der Waals surface area (Å²) >= 11 is 0. The molecular weight excluding hydrogens is 270 g/mol. The molecule has 0 bridgehead atoms. The van der Waals surface area contributed by atoms with E-state index >= 15 is 0 Å². The van der Waals surface area contributed by atoms with Gasteiger partial charge in [0.2, 0.25) is 0 Å². The summed E-state index contributed by atoms with van der Waals surface area (Å²) in [5.74, 6) is -1.39. The van der Waals surface area contributed by atoms with Crippen LogP contribution in [0.5, 0.6) is 0 Å². The number of nitro groups is 1. The van der Waals surface area contributed by atoms with E-state index in [0.29, 0.717) is 5.56 Å². The van der Waals surface area contributed by atoms with Crippen molar-refractivity contribution < 1.29 is 24.7 Å². The molecule has 0 aliphatic carbocycles. The summed E-state index contributed by atoms with van der Waals surface area (Å²) in [6, 6.07) is 1.72. The third kappa shape index (κ3) is 3.92. The van der Waals surface area contributed by atoms with Crippen LogP contribution in [0.25, 0.3) is 0 Å². The van der Waals surface area contributed by atoms with Crippen molar-refractivity contribution in [3.63, 3.8) is 0 Å². The molecule has 0 spiro atoms. The van der Waals surface area contributed by atoms with Gasteiger partial charge in [0.1, 0.15) is 0 Å². The van der Waals surface area contributed by atoms with Crippen LogP contribution in [0.4, 0.5) is 16.2 Å². The zero-order chi connectivity index (χ0) is 15.3. The second-order valence-electron chi connectivity index (χ2n) is 3.93. The Kier molecular flexibility index (Phi) is 4.98. The highest BCUT2D eigenvalue weighted by Gasteiger charge is 2.19. The fourth-order valence-electron chi connectivity index (χ4n) is 1.39. The van der Waals surface area contributed by atoms with Crippen molar-refractivity contribution in [3.8, 4) is 0 Å². The summed E-state index contributed by atoms with van der Waals surface area (Å²) in [5, 5.41) is 32.4. The zero-order valence-electron chi connectivity index (χ0n) is 10.5. The topological polar surface area (TPSA) is 142 Å². The normalized spacial score (nSPS) is 11.5. The number of hydrogen-bond donors (Lipinski definition) is 4. The fourth-order valence-corrected chi connectivity index (χ4v) is 1.39. The summed E-state index contributed by atoms with van der Waals surface area (Å²) in [6.45, 7) is 0.783. The van der Waals surface area contributed by atoms with Crippen molar-refractivity contribution in [2.24, 2.45) is 0 Å². The Bertz CT molecular complexity index is 545. The van der Waals surface area contributed by atoms with Crippen LogP contribution in [-0.4, -0.2) is 39.8 Å². The largest absolute Gasteiger partial charge is 0.480 e. The average molecular weight is 283 g/mol. The number of carboxylic acids is 1.